The van der Waals surface area contributed by atoms with Gasteiger partial charge >= 0.3 is 0 Å². The molecule has 17 heteroatoms. The molecule has 2 amide bonds. The summed E-state index contributed by atoms with van der Waals surface area (Å²) >= 11 is 0. The number of anilines is 2. The number of aliphatic hydroxyl groups excluding tert-OH is 2. The van der Waals surface area contributed by atoms with Gasteiger partial charge in [0, 0.05) is 36.8 Å². The van der Waals surface area contributed by atoms with Gasteiger partial charge in [-0.2, -0.15) is 8.42 Å². The molecule has 3 aliphatic carbocycles. The van der Waals surface area contributed by atoms with Crippen LogP contribution in [-0.2, 0) is 35.7 Å². The molecule has 9 N–H and O–H groups in total. The van der Waals surface area contributed by atoms with Gasteiger partial charge in [-0.15, -0.1) is 0 Å². The molecule has 4 atom stereocenters. The summed E-state index contributed by atoms with van der Waals surface area (Å²) in [4.78, 5) is 55.3. The molecule has 1 fully saturated rings. The van der Waals surface area contributed by atoms with Crippen molar-refractivity contribution < 1.29 is 52.6 Å². The Labute approximate surface area is 272 Å². The van der Waals surface area contributed by atoms with Crippen molar-refractivity contribution in [2.75, 3.05) is 51.2 Å². The number of nitrogens with two attached hydrogens (primary N) is 1. The number of benzene rings is 1. The third kappa shape index (κ3) is 7.28. The maximum Gasteiger partial charge on any atom is 0.261 e. The van der Waals surface area contributed by atoms with E-state index in [1.54, 1.807) is 39.2 Å². The second kappa shape index (κ2) is 12.9. The average Bonchev–Trinajstić information content (AvgIpc) is 2.89. The molecular formula is C30H43N5O11S. The summed E-state index contributed by atoms with van der Waals surface area (Å²) in [5, 5.41) is 51.3. The molecule has 260 valence electrons. The molecule has 0 spiro atoms. The van der Waals surface area contributed by atoms with Crippen LogP contribution in [0.25, 0.3) is 5.76 Å². The van der Waals surface area contributed by atoms with Crippen molar-refractivity contribution in [3.05, 3.63) is 34.1 Å². The molecule has 0 bridgehead atoms. The fraction of sp³-hybridized carbons (Fsp3) is 0.533. The summed E-state index contributed by atoms with van der Waals surface area (Å²) in [5.74, 6) is -7.79. The Kier molecular flexibility index (Phi) is 10.3. The van der Waals surface area contributed by atoms with Crippen molar-refractivity contribution in [3.8, 4) is 5.75 Å². The number of nitrogens with one attached hydrogen (secondary N) is 2. The average molecular weight is 682 g/mol. The predicted octanol–water partition coefficient (Wildman–Crippen LogP) is -0.139. The van der Waals surface area contributed by atoms with E-state index in [2.05, 4.69) is 10.6 Å². The molecule has 0 aliphatic heterocycles. The smallest absolute Gasteiger partial charge is 0.261 e. The summed E-state index contributed by atoms with van der Waals surface area (Å²) in [6.07, 6.45) is 0.832. The van der Waals surface area contributed by atoms with E-state index >= 15 is 0 Å². The van der Waals surface area contributed by atoms with Gasteiger partial charge < -0.3 is 41.7 Å². The third-order valence-corrected chi connectivity index (χ3v) is 8.23. The molecule has 3 aliphatic rings. The molecule has 47 heavy (non-hydrogen) atoms. The van der Waals surface area contributed by atoms with Crippen LogP contribution >= 0.6 is 0 Å². The molecule has 0 radical (unpaired) electrons. The van der Waals surface area contributed by atoms with Crippen molar-refractivity contribution >= 4 is 50.6 Å². The lowest BCUT2D eigenvalue weighted by Gasteiger charge is -2.50. The summed E-state index contributed by atoms with van der Waals surface area (Å²) in [7, 11) is 2.91. The Morgan fingerprint density at radius 2 is 1.66 bits per heavy atom. The first-order valence-corrected chi connectivity index (χ1v) is 16.4. The molecule has 16 nitrogen and oxygen atoms in total. The summed E-state index contributed by atoms with van der Waals surface area (Å²) < 4.78 is 25.9. The predicted molar refractivity (Wildman–Crippen MR) is 172 cm³/mol. The Morgan fingerprint density at radius 3 is 2.13 bits per heavy atom. The molecule has 1 aromatic carbocycles. The maximum atomic E-state index is 14.0. The van der Waals surface area contributed by atoms with E-state index in [1.165, 1.54) is 4.90 Å². The first-order chi connectivity index (χ1) is 21.3. The van der Waals surface area contributed by atoms with Crippen LogP contribution in [0.1, 0.15) is 38.3 Å². The van der Waals surface area contributed by atoms with Gasteiger partial charge in [-0.3, -0.25) is 28.6 Å². The molecule has 0 aromatic heterocycles. The van der Waals surface area contributed by atoms with Crippen molar-refractivity contribution in [1.82, 2.24) is 10.2 Å². The topological polar surface area (TPSA) is 260 Å². The lowest BCUT2D eigenvalue weighted by Crippen LogP contribution is -2.65. The van der Waals surface area contributed by atoms with Gasteiger partial charge in [0.25, 0.3) is 16.0 Å². The minimum Gasteiger partial charge on any atom is -0.508 e. The molecule has 1 aromatic rings. The number of hydrogen-bond donors (Lipinski definition) is 8. The van der Waals surface area contributed by atoms with E-state index in [-0.39, 0.29) is 41.7 Å². The van der Waals surface area contributed by atoms with Crippen molar-refractivity contribution in [2.45, 2.75) is 50.8 Å². The number of likely N-dealkylation sites (N-methyl/N-ethyl adjacent to an activating group) is 1. The van der Waals surface area contributed by atoms with E-state index in [9.17, 15) is 48.0 Å². The Hall–Kier alpha value is -4.03. The first kappa shape index (κ1) is 37.4. The minimum atomic E-state index is -3.67. The van der Waals surface area contributed by atoms with Gasteiger partial charge in [-0.05, 0) is 65.3 Å². The molecular weight excluding hydrogens is 638 g/mol. The number of nitrogens with zero attached hydrogens (tertiary/aromatic N) is 2. The lowest BCUT2D eigenvalue weighted by atomic mass is 9.57. The summed E-state index contributed by atoms with van der Waals surface area (Å²) in [6.45, 7) is 5.62. The van der Waals surface area contributed by atoms with Crippen molar-refractivity contribution in [1.29, 1.82) is 0 Å². The second-order valence-corrected chi connectivity index (χ2v) is 14.9. The highest BCUT2D eigenvalue weighted by atomic mass is 32.2. The van der Waals surface area contributed by atoms with Gasteiger partial charge in [-0.1, -0.05) is 0 Å². The number of phenolic OH excluding ortho intramolecular Hbond substituents is 1. The minimum absolute atomic E-state index is 0.00158. The number of phenols is 1. The van der Waals surface area contributed by atoms with Crippen LogP contribution in [0.15, 0.2) is 23.0 Å². The molecule has 0 saturated heterocycles. The maximum absolute atomic E-state index is 14.0. The SMILES string of the molecule is CN(C)c1cc(NC(=O)CNC(C)(C)C)c(O)c2c1CC1CC3[C@H](N(C)C)C(=O)C(C(N)=O)=C(O)[C@@]3(O)C(=O)C1=C2O.CS(=O)(=O)O. The van der Waals surface area contributed by atoms with Crippen molar-refractivity contribution in [3.63, 3.8) is 0 Å². The van der Waals surface area contributed by atoms with Crippen LogP contribution in [0.5, 0.6) is 5.75 Å². The number of fused-ring (bicyclic) bond motifs is 3. The number of hydrogen-bond acceptors (Lipinski definition) is 13. The molecule has 0 heterocycles. The van der Waals surface area contributed by atoms with Gasteiger partial charge in [0.05, 0.1) is 30.1 Å². The van der Waals surface area contributed by atoms with E-state index < -0.39 is 79.8 Å². The highest BCUT2D eigenvalue weighted by Crippen LogP contribution is 2.54. The number of Topliss-reactive ketones (excluding diaryl/α,β-unsaturated/α-hetero) is 2. The number of rotatable bonds is 6. The van der Waals surface area contributed by atoms with Gasteiger partial charge in [-0.25, -0.2) is 0 Å². The van der Waals surface area contributed by atoms with Crippen LogP contribution in [0.3, 0.4) is 0 Å². The second-order valence-electron chi connectivity index (χ2n) is 13.4. The van der Waals surface area contributed by atoms with Crippen LogP contribution < -0.4 is 21.3 Å². The van der Waals surface area contributed by atoms with Gasteiger partial charge in [0.15, 0.2) is 11.4 Å². The van der Waals surface area contributed by atoms with E-state index in [1.807, 2.05) is 20.8 Å². The largest absolute Gasteiger partial charge is 0.508 e. The summed E-state index contributed by atoms with van der Waals surface area (Å²) in [5.41, 5.74) is 2.11. The first-order valence-electron chi connectivity index (χ1n) is 14.5. The quantitative estimate of drug-likeness (QED) is 0.110. The zero-order chi connectivity index (χ0) is 36.1. The van der Waals surface area contributed by atoms with Crippen molar-refractivity contribution in [2.24, 2.45) is 17.6 Å². The monoisotopic (exact) mass is 681 g/mol. The Balaban J connectivity index is 0.00000111. The fourth-order valence-corrected chi connectivity index (χ4v) is 6.33. The highest BCUT2D eigenvalue weighted by molar-refractivity contribution is 7.85. The molecule has 1 saturated carbocycles. The number of carbonyl (C=O) groups excluding carboxylic acids is 4. The Bertz CT molecular complexity index is 1680. The van der Waals surface area contributed by atoms with Gasteiger partial charge in [0.2, 0.25) is 11.7 Å². The van der Waals surface area contributed by atoms with Crippen LogP contribution in [0.2, 0.25) is 0 Å². The normalized spacial score (nSPS) is 24.2. The van der Waals surface area contributed by atoms with Crippen LogP contribution in [0.4, 0.5) is 11.4 Å². The van der Waals surface area contributed by atoms with Crippen LogP contribution in [0, 0.1) is 11.8 Å². The number of amides is 2. The zero-order valence-electron chi connectivity index (χ0n) is 27.5. The van der Waals surface area contributed by atoms with Gasteiger partial charge in [0.1, 0.15) is 22.8 Å². The van der Waals surface area contributed by atoms with E-state index in [0.29, 0.717) is 17.5 Å². The molecule has 4 rings (SSSR count). The number of aliphatic hydroxyl groups is 3. The van der Waals surface area contributed by atoms with E-state index in [4.69, 9.17) is 10.3 Å². The summed E-state index contributed by atoms with van der Waals surface area (Å²) in [6, 6.07) is 0.409. The number of carbonyl (C=O) groups is 4. The number of ketones is 2. The number of primary amides is 1. The lowest BCUT2D eigenvalue weighted by molar-refractivity contribution is -0.153. The molecule has 2 unspecified atom stereocenters. The third-order valence-electron chi connectivity index (χ3n) is 8.23. The zero-order valence-corrected chi connectivity index (χ0v) is 28.3. The van der Waals surface area contributed by atoms with E-state index in [0.717, 1.165) is 0 Å². The fourth-order valence-electron chi connectivity index (χ4n) is 6.33. The Morgan fingerprint density at radius 1 is 1.11 bits per heavy atom. The van der Waals surface area contributed by atoms with Crippen LogP contribution in [-0.4, -0.2) is 120 Å². The highest BCUT2D eigenvalue weighted by Gasteiger charge is 2.64. The number of aromatic hydroxyl groups is 1. The standard InChI is InChI=1S/C29H39N5O8.CH4O3S/c1-28(2,3)31-11-17(35)32-15-10-16(33(4)5)13-8-12-9-14-21(34(6)7)24(38)20(27(30)41)26(40)29(14,42)25(39)18(12)23(37)19(13)22(15)36;1-5(2,3)4/h10,12,14,21,31,36-37,40,42H,8-9,11H2,1-7H3,(H2,30,41)(H,32,35);1H3,(H,2,3,4)/t12?,14?,21-,29-;/m0./s1.